The highest BCUT2D eigenvalue weighted by Gasteiger charge is 2.39. The topological polar surface area (TPSA) is 356 Å². The van der Waals surface area contributed by atoms with Crippen LogP contribution in [-0.4, -0.2) is 148 Å². The number of nitrogens with zero attached hydrogens (tertiary/aromatic N) is 2. The number of carboxylic acids is 1. The summed E-state index contributed by atoms with van der Waals surface area (Å²) in [5.74, 6) is -8.64. The Hall–Kier alpha value is -6.16. The van der Waals surface area contributed by atoms with Crippen molar-refractivity contribution in [3.8, 4) is 0 Å². The minimum absolute atomic E-state index is 0.0314. The molecule has 0 spiro atoms. The summed E-state index contributed by atoms with van der Waals surface area (Å²) >= 11 is 0. The third-order valence-corrected chi connectivity index (χ3v) is 9.33. The van der Waals surface area contributed by atoms with E-state index in [1.807, 2.05) is 0 Å². The van der Waals surface area contributed by atoms with Crippen molar-refractivity contribution in [2.24, 2.45) is 17.2 Å². The Morgan fingerprint density at radius 1 is 0.737 bits per heavy atom. The molecule has 2 saturated heterocycles. The van der Waals surface area contributed by atoms with Crippen molar-refractivity contribution >= 4 is 59.1 Å². The van der Waals surface area contributed by atoms with Crippen LogP contribution in [0, 0.1) is 0 Å². The zero-order chi connectivity index (χ0) is 42.2. The van der Waals surface area contributed by atoms with Crippen molar-refractivity contribution in [2.75, 3.05) is 32.8 Å². The van der Waals surface area contributed by atoms with Crippen LogP contribution in [0.2, 0.25) is 0 Å². The van der Waals surface area contributed by atoms with Gasteiger partial charge in [0.05, 0.1) is 26.1 Å². The molecule has 0 aromatic heterocycles. The molecule has 3 rings (SSSR count). The van der Waals surface area contributed by atoms with Crippen LogP contribution < -0.4 is 43.8 Å². The van der Waals surface area contributed by atoms with Crippen molar-refractivity contribution in [1.82, 2.24) is 36.4 Å². The molecule has 0 radical (unpaired) electrons. The van der Waals surface area contributed by atoms with Crippen molar-refractivity contribution in [3.05, 3.63) is 35.9 Å². The van der Waals surface area contributed by atoms with Gasteiger partial charge in [-0.2, -0.15) is 0 Å². The summed E-state index contributed by atoms with van der Waals surface area (Å²) < 4.78 is 0. The number of carbonyl (C=O) groups excluding carboxylic acids is 9. The van der Waals surface area contributed by atoms with E-state index >= 15 is 0 Å². The molecule has 2 aliphatic rings. The van der Waals surface area contributed by atoms with Crippen LogP contribution in [0.15, 0.2) is 30.3 Å². The molecule has 9 amide bonds. The summed E-state index contributed by atoms with van der Waals surface area (Å²) in [6.07, 6.45) is 0.0133. The lowest BCUT2D eigenvalue weighted by Gasteiger charge is -2.28. The van der Waals surface area contributed by atoms with E-state index in [9.17, 15) is 53.1 Å². The van der Waals surface area contributed by atoms with Crippen LogP contribution in [-0.2, 0) is 54.4 Å². The monoisotopic (exact) mass is 802 g/mol. The molecular weight excluding hydrogens is 752 g/mol. The lowest BCUT2D eigenvalue weighted by atomic mass is 10.0. The van der Waals surface area contributed by atoms with Gasteiger partial charge in [-0.15, -0.1) is 0 Å². The largest absolute Gasteiger partial charge is 0.480 e. The van der Waals surface area contributed by atoms with Gasteiger partial charge in [-0.1, -0.05) is 30.3 Å². The van der Waals surface area contributed by atoms with Gasteiger partial charge in [0.1, 0.15) is 36.3 Å². The van der Waals surface area contributed by atoms with Crippen LogP contribution in [0.3, 0.4) is 0 Å². The Bertz CT molecular complexity index is 1680. The van der Waals surface area contributed by atoms with E-state index in [4.69, 9.17) is 22.3 Å². The third-order valence-electron chi connectivity index (χ3n) is 9.33. The molecule has 1 aromatic rings. The Balaban J connectivity index is 1.64. The number of nitrogens with two attached hydrogens (primary N) is 3. The number of likely N-dealkylation sites (tertiary alicyclic amines) is 2. The highest BCUT2D eigenvalue weighted by molar-refractivity contribution is 5.97. The van der Waals surface area contributed by atoms with Gasteiger partial charge in [0, 0.05) is 25.9 Å². The summed E-state index contributed by atoms with van der Waals surface area (Å²) in [4.78, 5) is 129. The van der Waals surface area contributed by atoms with Gasteiger partial charge in [0.15, 0.2) is 0 Å². The minimum Gasteiger partial charge on any atom is -0.480 e. The van der Waals surface area contributed by atoms with Gasteiger partial charge in [-0.25, -0.2) is 4.79 Å². The van der Waals surface area contributed by atoms with E-state index in [2.05, 4.69) is 26.6 Å². The highest BCUT2D eigenvalue weighted by Crippen LogP contribution is 2.20. The number of hydrogen-bond acceptors (Lipinski definition) is 12. The van der Waals surface area contributed by atoms with Gasteiger partial charge >= 0.3 is 5.97 Å². The number of primary amides is 2. The molecule has 6 atom stereocenters. The van der Waals surface area contributed by atoms with Crippen LogP contribution in [0.4, 0.5) is 0 Å². The molecule has 2 fully saturated rings. The Kier molecular flexibility index (Phi) is 17.3. The second-order valence-electron chi connectivity index (χ2n) is 13.6. The van der Waals surface area contributed by atoms with E-state index in [1.165, 1.54) is 4.90 Å². The average molecular weight is 803 g/mol. The molecule has 13 N–H and O–H groups in total. The Morgan fingerprint density at radius 2 is 1.35 bits per heavy atom. The first-order valence-corrected chi connectivity index (χ1v) is 18.3. The fraction of sp³-hybridized carbons (Fsp3) is 0.543. The number of benzene rings is 1. The number of aliphatic hydroxyl groups is 1. The minimum atomic E-state index is -1.52. The van der Waals surface area contributed by atoms with Crippen LogP contribution in [0.5, 0.6) is 0 Å². The number of nitrogens with one attached hydrogen (secondary N) is 5. The Labute approximate surface area is 326 Å². The fourth-order valence-electron chi connectivity index (χ4n) is 6.39. The van der Waals surface area contributed by atoms with E-state index in [0.717, 1.165) is 4.90 Å². The molecule has 0 aliphatic carbocycles. The second-order valence-corrected chi connectivity index (χ2v) is 13.6. The summed E-state index contributed by atoms with van der Waals surface area (Å²) in [7, 11) is 0. The predicted molar refractivity (Wildman–Crippen MR) is 196 cm³/mol. The lowest BCUT2D eigenvalue weighted by Crippen LogP contribution is -2.57. The molecule has 22 nitrogen and oxygen atoms in total. The number of aliphatic hydroxyl groups excluding tert-OH is 1. The van der Waals surface area contributed by atoms with E-state index in [-0.39, 0.29) is 45.2 Å². The first kappa shape index (κ1) is 45.2. The quantitative estimate of drug-likeness (QED) is 0.0555. The lowest BCUT2D eigenvalue weighted by molar-refractivity contribution is -0.149. The summed E-state index contributed by atoms with van der Waals surface area (Å²) in [6.45, 7) is -1.80. The maximum absolute atomic E-state index is 13.5. The molecule has 0 unspecified atom stereocenters. The van der Waals surface area contributed by atoms with Crippen LogP contribution in [0.1, 0.15) is 50.5 Å². The van der Waals surface area contributed by atoms with Crippen molar-refractivity contribution in [3.63, 3.8) is 0 Å². The van der Waals surface area contributed by atoms with Crippen molar-refractivity contribution < 1.29 is 58.2 Å². The average Bonchev–Trinajstić information content (AvgIpc) is 3.88. The van der Waals surface area contributed by atoms with E-state index in [1.54, 1.807) is 30.3 Å². The number of rotatable bonds is 21. The maximum atomic E-state index is 13.5. The van der Waals surface area contributed by atoms with Gasteiger partial charge in [-0.3, -0.25) is 43.2 Å². The predicted octanol–water partition coefficient (Wildman–Crippen LogP) is -5.56. The van der Waals surface area contributed by atoms with Gasteiger partial charge in [0.25, 0.3) is 0 Å². The second kappa shape index (κ2) is 21.8. The maximum Gasteiger partial charge on any atom is 0.326 e. The molecule has 0 saturated carbocycles. The highest BCUT2D eigenvalue weighted by atomic mass is 16.4. The Morgan fingerprint density at radius 3 is 1.96 bits per heavy atom. The van der Waals surface area contributed by atoms with Crippen molar-refractivity contribution in [1.29, 1.82) is 0 Å². The molecule has 1 aromatic carbocycles. The van der Waals surface area contributed by atoms with Gasteiger partial charge < -0.3 is 63.8 Å². The van der Waals surface area contributed by atoms with Crippen molar-refractivity contribution in [2.45, 2.75) is 87.6 Å². The number of aliphatic carboxylic acids is 1. The zero-order valence-corrected chi connectivity index (χ0v) is 31.1. The fourth-order valence-corrected chi connectivity index (χ4v) is 6.39. The summed E-state index contributed by atoms with van der Waals surface area (Å²) in [6, 6.07) is 1.04. The van der Waals surface area contributed by atoms with Crippen LogP contribution in [0.25, 0.3) is 0 Å². The number of carbonyl (C=O) groups is 10. The molecule has 2 heterocycles. The third kappa shape index (κ3) is 13.8. The zero-order valence-electron chi connectivity index (χ0n) is 31.1. The normalized spacial score (nSPS) is 18.3. The SMILES string of the molecule is NC(=O)CC[C@H](NC(=O)[C@@H]1CCCN1C(=O)CNC(=O)[C@H](CC(N)=O)NC(=O)[C@@H](N)CO)C(=O)NCC(=O)N[C@@H](Cc1ccccc1)C(=O)N1CCC[C@H]1C(=O)O. The van der Waals surface area contributed by atoms with E-state index < -0.39 is 122 Å². The summed E-state index contributed by atoms with van der Waals surface area (Å²) in [5, 5.41) is 30.6. The van der Waals surface area contributed by atoms with Gasteiger partial charge in [-0.05, 0) is 37.7 Å². The number of carboxylic acid groups (broad SMARTS) is 1. The molecule has 2 aliphatic heterocycles. The molecule has 57 heavy (non-hydrogen) atoms. The molecular formula is C35H50N10O12. The van der Waals surface area contributed by atoms with E-state index in [0.29, 0.717) is 18.4 Å². The number of amides is 9. The first-order chi connectivity index (χ1) is 27.0. The molecule has 22 heteroatoms. The molecule has 0 bridgehead atoms. The number of hydrogen-bond donors (Lipinski definition) is 10. The standard InChI is InChI=1S/C35H50N10O12/c36-20(18-46)30(51)43-22(15-27(38)48)32(53)40-17-29(50)44-12-4-8-24(44)33(54)42-21(10-11-26(37)47)31(52)39-16-28(49)41-23(14-19-6-2-1-3-7-19)34(55)45-13-5-9-25(45)35(56)57/h1-3,6-7,20-25,46H,4-5,8-18,36H2,(H2,37,47)(H2,38,48)(H,39,52)(H,40,53)(H,41,49)(H,42,54)(H,43,51)(H,56,57)/t20-,21-,22-,23-,24-,25-/m0/s1. The van der Waals surface area contributed by atoms with Gasteiger partial charge in [0.2, 0.25) is 53.2 Å². The smallest absolute Gasteiger partial charge is 0.326 e. The molecule has 312 valence electrons. The summed E-state index contributed by atoms with van der Waals surface area (Å²) in [5.41, 5.74) is 16.6. The first-order valence-electron chi connectivity index (χ1n) is 18.3. The van der Waals surface area contributed by atoms with Crippen LogP contribution >= 0.6 is 0 Å².